The Labute approximate surface area is 166 Å². The maximum atomic E-state index is 12.8. The van der Waals surface area contributed by atoms with Crippen molar-refractivity contribution >= 4 is 39.1 Å². The number of benzene rings is 2. The van der Waals surface area contributed by atoms with Gasteiger partial charge in [0.1, 0.15) is 5.75 Å². The fourth-order valence-electron chi connectivity index (χ4n) is 2.80. The molecule has 2 aromatic carbocycles. The van der Waals surface area contributed by atoms with Crippen molar-refractivity contribution in [2.45, 2.75) is 20.4 Å². The van der Waals surface area contributed by atoms with Crippen LogP contribution >= 0.6 is 22.9 Å². The van der Waals surface area contributed by atoms with Gasteiger partial charge >= 0.3 is 0 Å². The molecule has 1 aromatic heterocycles. The molecule has 0 saturated heterocycles. The third-order valence-electron chi connectivity index (χ3n) is 4.41. The summed E-state index contributed by atoms with van der Waals surface area (Å²) in [4.78, 5) is 17.8. The van der Waals surface area contributed by atoms with Gasteiger partial charge in [-0.05, 0) is 55.3 Å². The number of aryl methyl sites for hydroxylation is 2. The van der Waals surface area contributed by atoms with E-state index in [2.05, 4.69) is 31.0 Å². The molecule has 3 rings (SSSR count). The molecule has 0 saturated carbocycles. The minimum Gasteiger partial charge on any atom is -0.496 e. The van der Waals surface area contributed by atoms with Gasteiger partial charge in [-0.15, -0.1) is 0 Å². The van der Waals surface area contributed by atoms with E-state index >= 15 is 0 Å². The van der Waals surface area contributed by atoms with Crippen molar-refractivity contribution < 1.29 is 14.3 Å². The smallest absolute Gasteiger partial charge is 0.283 e. The predicted molar refractivity (Wildman–Crippen MR) is 109 cm³/mol. The van der Waals surface area contributed by atoms with Gasteiger partial charge in [0.05, 0.1) is 29.5 Å². The number of nitrogens with zero attached hydrogens (tertiary/aromatic N) is 2. The van der Waals surface area contributed by atoms with Crippen LogP contribution in [0.5, 0.6) is 5.75 Å². The summed E-state index contributed by atoms with van der Waals surface area (Å²) in [6.07, 6.45) is 0. The molecule has 1 amide bonds. The highest BCUT2D eigenvalue weighted by molar-refractivity contribution is 7.16. The van der Waals surface area contributed by atoms with Crippen LogP contribution in [0.15, 0.2) is 35.3 Å². The average molecular weight is 405 g/mol. The summed E-state index contributed by atoms with van der Waals surface area (Å²) in [6, 6.07) is 9.18. The molecule has 0 atom stereocenters. The minimum atomic E-state index is -0.388. The van der Waals surface area contributed by atoms with Gasteiger partial charge in [0, 0.05) is 18.7 Å². The average Bonchev–Trinajstić information content (AvgIpc) is 2.96. The number of carbonyl (C=O) groups excluding carboxylic acids is 1. The fraction of sp³-hybridized carbons (Fsp3) is 0.300. The number of rotatable bonds is 5. The molecule has 7 heteroatoms. The number of aromatic nitrogens is 1. The van der Waals surface area contributed by atoms with Gasteiger partial charge in [-0.25, -0.2) is 0 Å². The first-order valence-electron chi connectivity index (χ1n) is 8.46. The van der Waals surface area contributed by atoms with Gasteiger partial charge in [-0.3, -0.25) is 4.79 Å². The van der Waals surface area contributed by atoms with E-state index < -0.39 is 0 Å². The second kappa shape index (κ2) is 8.25. The zero-order valence-corrected chi connectivity index (χ0v) is 17.3. The Hall–Kier alpha value is -2.15. The molecule has 0 unspecified atom stereocenters. The van der Waals surface area contributed by atoms with Crippen molar-refractivity contribution in [3.8, 4) is 5.75 Å². The van der Waals surface area contributed by atoms with Crippen molar-refractivity contribution in [2.75, 3.05) is 20.8 Å². The third kappa shape index (κ3) is 4.08. The van der Waals surface area contributed by atoms with Crippen molar-refractivity contribution in [1.82, 2.24) is 4.57 Å². The maximum Gasteiger partial charge on any atom is 0.283 e. The molecule has 27 heavy (non-hydrogen) atoms. The highest BCUT2D eigenvalue weighted by Crippen LogP contribution is 2.24. The van der Waals surface area contributed by atoms with E-state index in [1.54, 1.807) is 25.3 Å². The van der Waals surface area contributed by atoms with Gasteiger partial charge in [-0.1, -0.05) is 22.9 Å². The number of thiazole rings is 1. The van der Waals surface area contributed by atoms with Gasteiger partial charge < -0.3 is 14.0 Å². The molecule has 142 valence electrons. The van der Waals surface area contributed by atoms with Crippen LogP contribution in [0.2, 0.25) is 5.02 Å². The largest absolute Gasteiger partial charge is 0.496 e. The van der Waals surface area contributed by atoms with Crippen molar-refractivity contribution in [3.05, 3.63) is 56.8 Å². The number of fused-ring (bicyclic) bond motifs is 1. The first-order valence-corrected chi connectivity index (χ1v) is 9.66. The molecular weight excluding hydrogens is 384 g/mol. The lowest BCUT2D eigenvalue weighted by atomic mass is 10.1. The Bertz CT molecular complexity index is 1070. The van der Waals surface area contributed by atoms with Crippen LogP contribution in [0.1, 0.15) is 21.5 Å². The van der Waals surface area contributed by atoms with E-state index in [1.807, 2.05) is 4.57 Å². The van der Waals surface area contributed by atoms with Crippen LogP contribution in [-0.2, 0) is 11.3 Å². The number of ether oxygens (including phenoxy) is 2. The number of carbonyl (C=O) groups is 1. The molecule has 0 radical (unpaired) electrons. The zero-order chi connectivity index (χ0) is 19.6. The number of methoxy groups -OCH3 is 2. The minimum absolute atomic E-state index is 0.341. The van der Waals surface area contributed by atoms with Crippen molar-refractivity contribution in [3.63, 3.8) is 0 Å². The number of amides is 1. The van der Waals surface area contributed by atoms with Crippen LogP contribution in [0.4, 0.5) is 0 Å². The molecule has 0 spiro atoms. The van der Waals surface area contributed by atoms with Gasteiger partial charge in [-0.2, -0.15) is 4.99 Å². The Kier molecular flexibility index (Phi) is 5.99. The Morgan fingerprint density at radius 1 is 1.19 bits per heavy atom. The molecule has 1 heterocycles. The van der Waals surface area contributed by atoms with E-state index in [1.165, 1.54) is 29.6 Å². The van der Waals surface area contributed by atoms with E-state index in [0.29, 0.717) is 34.3 Å². The predicted octanol–water partition coefficient (Wildman–Crippen LogP) is 4.37. The number of hydrogen-bond donors (Lipinski definition) is 0. The second-order valence-electron chi connectivity index (χ2n) is 6.19. The van der Waals surface area contributed by atoms with E-state index in [-0.39, 0.29) is 5.91 Å². The molecule has 0 aliphatic carbocycles. The molecule has 0 N–H and O–H groups in total. The van der Waals surface area contributed by atoms with E-state index in [9.17, 15) is 4.79 Å². The lowest BCUT2D eigenvalue weighted by molar-refractivity contribution is 0.0994. The zero-order valence-electron chi connectivity index (χ0n) is 15.7. The Morgan fingerprint density at radius 2 is 1.93 bits per heavy atom. The molecule has 0 aliphatic rings. The first kappa shape index (κ1) is 19.6. The summed E-state index contributed by atoms with van der Waals surface area (Å²) in [5.41, 5.74) is 3.79. The quantitative estimate of drug-likeness (QED) is 0.634. The molecular formula is C20H21ClN2O3S. The van der Waals surface area contributed by atoms with Crippen molar-refractivity contribution in [2.24, 2.45) is 4.99 Å². The highest BCUT2D eigenvalue weighted by atomic mass is 35.5. The summed E-state index contributed by atoms with van der Waals surface area (Å²) in [6.45, 7) is 5.29. The molecule has 0 bridgehead atoms. The summed E-state index contributed by atoms with van der Waals surface area (Å²) < 4.78 is 13.6. The van der Waals surface area contributed by atoms with Gasteiger partial charge in [0.15, 0.2) is 4.80 Å². The van der Waals surface area contributed by atoms with Crippen LogP contribution in [0, 0.1) is 13.8 Å². The van der Waals surface area contributed by atoms with Crippen molar-refractivity contribution in [1.29, 1.82) is 0 Å². The first-order chi connectivity index (χ1) is 12.9. The van der Waals surface area contributed by atoms with Crippen LogP contribution in [-0.4, -0.2) is 31.3 Å². The summed E-state index contributed by atoms with van der Waals surface area (Å²) in [5.74, 6) is 0.0601. The lowest BCUT2D eigenvalue weighted by Gasteiger charge is -2.07. The van der Waals surface area contributed by atoms with Crippen LogP contribution in [0.3, 0.4) is 0 Å². The maximum absolute atomic E-state index is 12.8. The molecule has 0 aliphatic heterocycles. The summed E-state index contributed by atoms with van der Waals surface area (Å²) >= 11 is 7.54. The van der Waals surface area contributed by atoms with E-state index in [0.717, 1.165) is 10.2 Å². The van der Waals surface area contributed by atoms with Gasteiger partial charge in [0.25, 0.3) is 5.91 Å². The lowest BCUT2D eigenvalue weighted by Crippen LogP contribution is -2.19. The van der Waals surface area contributed by atoms with E-state index in [4.69, 9.17) is 21.1 Å². The monoisotopic (exact) mass is 404 g/mol. The molecule has 5 nitrogen and oxygen atoms in total. The topological polar surface area (TPSA) is 52.8 Å². The Balaban J connectivity index is 2.17. The summed E-state index contributed by atoms with van der Waals surface area (Å²) in [5, 5.41) is 0.462. The van der Waals surface area contributed by atoms with Crippen LogP contribution in [0.25, 0.3) is 10.2 Å². The van der Waals surface area contributed by atoms with Crippen LogP contribution < -0.4 is 9.54 Å². The standard InChI is InChI=1S/C20H21ClN2O3S/c1-12-9-16-18(10-13(12)2)27-20(23(16)7-8-25-3)22-19(24)15-11-14(21)5-6-17(15)26-4/h5-6,9-11H,7-8H2,1-4H3. The molecule has 0 fully saturated rings. The highest BCUT2D eigenvalue weighted by Gasteiger charge is 2.14. The second-order valence-corrected chi connectivity index (χ2v) is 7.64. The third-order valence-corrected chi connectivity index (χ3v) is 5.68. The number of hydrogen-bond acceptors (Lipinski definition) is 4. The summed E-state index contributed by atoms with van der Waals surface area (Å²) in [7, 11) is 3.17. The normalized spacial score (nSPS) is 12.0. The SMILES string of the molecule is COCCn1c(=NC(=O)c2cc(Cl)ccc2OC)sc2cc(C)c(C)cc21. The number of halogens is 1. The Morgan fingerprint density at radius 3 is 2.63 bits per heavy atom. The van der Waals surface area contributed by atoms with Gasteiger partial charge in [0.2, 0.25) is 0 Å². The fourth-order valence-corrected chi connectivity index (χ4v) is 4.11. The molecule has 3 aromatic rings.